The van der Waals surface area contributed by atoms with Crippen molar-refractivity contribution in [2.45, 2.75) is 12.6 Å². The minimum Gasteiger partial charge on any atom is -0.386 e. The van der Waals surface area contributed by atoms with Crippen LogP contribution in [0.4, 0.5) is 5.69 Å². The molecule has 3 aromatic rings. The van der Waals surface area contributed by atoms with E-state index in [9.17, 15) is 5.11 Å². The second kappa shape index (κ2) is 8.88. The summed E-state index contributed by atoms with van der Waals surface area (Å²) in [5.74, 6) is 0.673. The molecule has 1 heterocycles. The van der Waals surface area contributed by atoms with Gasteiger partial charge in [0.15, 0.2) is 5.96 Å². The van der Waals surface area contributed by atoms with Crippen molar-refractivity contribution in [2.24, 2.45) is 4.99 Å². The van der Waals surface area contributed by atoms with Crippen molar-refractivity contribution in [3.63, 3.8) is 0 Å². The molecule has 0 aliphatic heterocycles. The van der Waals surface area contributed by atoms with Crippen LogP contribution in [-0.4, -0.2) is 38.8 Å². The van der Waals surface area contributed by atoms with Crippen LogP contribution in [-0.2, 0) is 6.54 Å². The largest absolute Gasteiger partial charge is 0.386 e. The van der Waals surface area contributed by atoms with E-state index in [1.54, 1.807) is 18.4 Å². The predicted octanol–water partition coefficient (Wildman–Crippen LogP) is 3.37. The molecule has 2 aromatic carbocycles. The molecule has 6 heteroatoms. The number of guanidine groups is 1. The lowest BCUT2D eigenvalue weighted by Crippen LogP contribution is -2.38. The second-order valence-corrected chi connectivity index (χ2v) is 7.69. The maximum atomic E-state index is 10.5. The van der Waals surface area contributed by atoms with Gasteiger partial charge in [-0.15, -0.1) is 11.3 Å². The molecule has 27 heavy (non-hydrogen) atoms. The van der Waals surface area contributed by atoms with E-state index in [0.29, 0.717) is 19.0 Å². The number of anilines is 1. The molecule has 0 saturated carbocycles. The van der Waals surface area contributed by atoms with E-state index in [1.165, 1.54) is 21.3 Å². The molecule has 142 valence electrons. The summed E-state index contributed by atoms with van der Waals surface area (Å²) in [6, 6.07) is 18.6. The van der Waals surface area contributed by atoms with E-state index in [-0.39, 0.29) is 0 Å². The first-order valence-electron chi connectivity index (χ1n) is 8.94. The summed E-state index contributed by atoms with van der Waals surface area (Å²) < 4.78 is 1.19. The number of fused-ring (bicyclic) bond motifs is 1. The molecule has 0 amide bonds. The van der Waals surface area contributed by atoms with Crippen LogP contribution in [0.2, 0.25) is 0 Å². The number of benzene rings is 2. The number of aliphatic hydroxyl groups is 1. The highest BCUT2D eigenvalue weighted by atomic mass is 32.1. The van der Waals surface area contributed by atoms with E-state index in [0.717, 1.165) is 4.88 Å². The van der Waals surface area contributed by atoms with Crippen molar-refractivity contribution in [2.75, 3.05) is 32.6 Å². The van der Waals surface area contributed by atoms with Crippen LogP contribution in [0.1, 0.15) is 16.5 Å². The van der Waals surface area contributed by atoms with Crippen molar-refractivity contribution < 1.29 is 5.11 Å². The third-order valence-corrected chi connectivity index (χ3v) is 5.59. The number of nitrogens with one attached hydrogen (secondary N) is 2. The van der Waals surface area contributed by atoms with Gasteiger partial charge >= 0.3 is 0 Å². The zero-order chi connectivity index (χ0) is 19.2. The third-order valence-electron chi connectivity index (χ3n) is 4.37. The Morgan fingerprint density at radius 1 is 1.11 bits per heavy atom. The maximum absolute atomic E-state index is 10.5. The smallest absolute Gasteiger partial charge is 0.191 e. The molecule has 3 N–H and O–H groups in total. The maximum Gasteiger partial charge on any atom is 0.191 e. The van der Waals surface area contributed by atoms with Gasteiger partial charge in [0.05, 0.1) is 0 Å². The van der Waals surface area contributed by atoms with Crippen LogP contribution < -0.4 is 15.5 Å². The topological polar surface area (TPSA) is 59.9 Å². The summed E-state index contributed by atoms with van der Waals surface area (Å²) in [4.78, 5) is 7.27. The summed E-state index contributed by atoms with van der Waals surface area (Å²) in [5, 5.41) is 18.1. The van der Waals surface area contributed by atoms with E-state index < -0.39 is 6.10 Å². The van der Waals surface area contributed by atoms with Gasteiger partial charge in [-0.1, -0.05) is 30.3 Å². The predicted molar refractivity (Wildman–Crippen MR) is 116 cm³/mol. The van der Waals surface area contributed by atoms with Crippen molar-refractivity contribution in [3.8, 4) is 0 Å². The fourth-order valence-corrected chi connectivity index (χ4v) is 3.83. The van der Waals surface area contributed by atoms with Gasteiger partial charge < -0.3 is 20.6 Å². The molecule has 1 atom stereocenters. The number of aliphatic hydroxyl groups excluding tert-OH is 1. The molecule has 5 nitrogen and oxygen atoms in total. The molecule has 0 fully saturated rings. The molecule has 1 aromatic heterocycles. The molecule has 0 aliphatic rings. The molecule has 1 unspecified atom stereocenters. The first kappa shape index (κ1) is 19.2. The van der Waals surface area contributed by atoms with Crippen LogP contribution in [0, 0.1) is 0 Å². The highest BCUT2D eigenvalue weighted by molar-refractivity contribution is 7.19. The van der Waals surface area contributed by atoms with Gasteiger partial charge in [0.1, 0.15) is 6.10 Å². The number of thiophene rings is 1. The highest BCUT2D eigenvalue weighted by Crippen LogP contribution is 2.29. The molecule has 0 spiro atoms. The molecule has 0 saturated heterocycles. The van der Waals surface area contributed by atoms with E-state index in [2.05, 4.69) is 63.0 Å². The Morgan fingerprint density at radius 2 is 1.85 bits per heavy atom. The van der Waals surface area contributed by atoms with Crippen molar-refractivity contribution in [1.29, 1.82) is 0 Å². The van der Waals surface area contributed by atoms with Gasteiger partial charge in [0.2, 0.25) is 0 Å². The lowest BCUT2D eigenvalue weighted by molar-refractivity contribution is 0.184. The molecule has 0 aliphatic carbocycles. The Labute approximate surface area is 164 Å². The van der Waals surface area contributed by atoms with Crippen LogP contribution >= 0.6 is 11.3 Å². The summed E-state index contributed by atoms with van der Waals surface area (Å²) in [5.41, 5.74) is 2.35. The Bertz CT molecular complexity index is 869. The van der Waals surface area contributed by atoms with E-state index >= 15 is 0 Å². The quantitative estimate of drug-likeness (QED) is 0.452. The normalized spacial score (nSPS) is 12.8. The Morgan fingerprint density at radius 3 is 2.52 bits per heavy atom. The second-order valence-electron chi connectivity index (χ2n) is 6.57. The van der Waals surface area contributed by atoms with Gasteiger partial charge in [0.25, 0.3) is 0 Å². The molecular weight excluding hydrogens is 356 g/mol. The number of hydrogen-bond donors (Lipinski definition) is 3. The zero-order valence-corrected chi connectivity index (χ0v) is 16.8. The lowest BCUT2D eigenvalue weighted by Gasteiger charge is -2.15. The third kappa shape index (κ3) is 4.99. The summed E-state index contributed by atoms with van der Waals surface area (Å²) >= 11 is 1.62. The first-order chi connectivity index (χ1) is 13.1. The number of nitrogens with zero attached hydrogens (tertiary/aromatic N) is 2. The van der Waals surface area contributed by atoms with Gasteiger partial charge in [-0.3, -0.25) is 4.99 Å². The monoisotopic (exact) mass is 382 g/mol. The number of rotatable bonds is 6. The molecule has 0 bridgehead atoms. The van der Waals surface area contributed by atoms with Crippen molar-refractivity contribution in [3.05, 3.63) is 65.0 Å². The minimum atomic E-state index is -0.569. The summed E-state index contributed by atoms with van der Waals surface area (Å²) in [7, 11) is 5.79. The van der Waals surface area contributed by atoms with Gasteiger partial charge in [-0.2, -0.15) is 0 Å². The van der Waals surface area contributed by atoms with E-state index in [1.807, 2.05) is 26.2 Å². The average Bonchev–Trinajstić information content (AvgIpc) is 3.12. The number of hydrogen-bond acceptors (Lipinski definition) is 4. The van der Waals surface area contributed by atoms with Gasteiger partial charge in [0, 0.05) is 49.5 Å². The van der Waals surface area contributed by atoms with Gasteiger partial charge in [-0.05, 0) is 35.2 Å². The molecule has 0 radical (unpaired) electrons. The zero-order valence-electron chi connectivity index (χ0n) is 15.9. The fourth-order valence-electron chi connectivity index (χ4n) is 2.78. The molecular formula is C21H26N4OS. The SMILES string of the molecule is CN=C(NCc1ccc(N(C)C)cc1)NCC(O)c1cc2ccccc2s1. The highest BCUT2D eigenvalue weighted by Gasteiger charge is 2.12. The average molecular weight is 383 g/mol. The summed E-state index contributed by atoms with van der Waals surface area (Å²) in [6.45, 7) is 1.08. The summed E-state index contributed by atoms with van der Waals surface area (Å²) in [6.07, 6.45) is -0.569. The van der Waals surface area contributed by atoms with E-state index in [4.69, 9.17) is 0 Å². The molecule has 3 rings (SSSR count). The minimum absolute atomic E-state index is 0.409. The van der Waals surface area contributed by atoms with Crippen LogP contribution in [0.5, 0.6) is 0 Å². The number of aliphatic imine (C=N–C) groups is 1. The van der Waals surface area contributed by atoms with Crippen LogP contribution in [0.15, 0.2) is 59.6 Å². The fraction of sp³-hybridized carbons (Fsp3) is 0.286. The van der Waals surface area contributed by atoms with Crippen LogP contribution in [0.25, 0.3) is 10.1 Å². The van der Waals surface area contributed by atoms with Crippen LogP contribution in [0.3, 0.4) is 0 Å². The first-order valence-corrected chi connectivity index (χ1v) is 9.76. The standard InChI is InChI=1S/C21H26N4OS/c1-22-21(23-13-15-8-10-17(11-9-15)25(2)3)24-14-18(26)20-12-16-6-4-5-7-19(16)27-20/h4-12,18,26H,13-14H2,1-3H3,(H2,22,23,24). The van der Waals surface area contributed by atoms with Gasteiger partial charge in [-0.25, -0.2) is 0 Å². The lowest BCUT2D eigenvalue weighted by atomic mass is 10.2. The Hall–Kier alpha value is -2.57. The van der Waals surface area contributed by atoms with Crippen molar-refractivity contribution >= 4 is 33.1 Å². The Kier molecular flexibility index (Phi) is 6.32. The Balaban J connectivity index is 1.52. The van der Waals surface area contributed by atoms with Crippen molar-refractivity contribution in [1.82, 2.24) is 10.6 Å².